The second-order valence-corrected chi connectivity index (χ2v) is 5.72. The maximum absolute atomic E-state index is 10.8. The number of allylic oxidation sites excluding steroid dienone is 4. The van der Waals surface area contributed by atoms with Crippen LogP contribution in [0.4, 0.5) is 0 Å². The van der Waals surface area contributed by atoms with Gasteiger partial charge in [-0.15, -0.1) is 0 Å². The fourth-order valence-corrected chi connectivity index (χ4v) is 4.50. The third-order valence-corrected chi connectivity index (χ3v) is 5.45. The van der Waals surface area contributed by atoms with Crippen molar-refractivity contribution in [3.05, 3.63) is 20.4 Å². The lowest BCUT2D eigenvalue weighted by molar-refractivity contribution is 0.701. The average molecular weight is 245 g/mol. The van der Waals surface area contributed by atoms with E-state index in [4.69, 9.17) is 22.1 Å². The predicted octanol–water partition coefficient (Wildman–Crippen LogP) is 1.91. The summed E-state index contributed by atoms with van der Waals surface area (Å²) in [4.78, 5) is 0.925. The summed E-state index contributed by atoms with van der Waals surface area (Å²) >= 11 is 5.82. The van der Waals surface area contributed by atoms with E-state index >= 15 is 0 Å². The molecule has 0 aliphatic carbocycles. The lowest BCUT2D eigenvalue weighted by Crippen LogP contribution is -1.91. The molecule has 72 valence electrons. The van der Waals surface area contributed by atoms with Gasteiger partial charge in [-0.05, 0) is 15.9 Å². The van der Waals surface area contributed by atoms with Gasteiger partial charge >= 0.3 is 0 Å². The molecule has 0 saturated carbocycles. The summed E-state index contributed by atoms with van der Waals surface area (Å²) in [6.45, 7) is 1.84. The summed E-state index contributed by atoms with van der Waals surface area (Å²) in [6.07, 6.45) is 0.572. The Morgan fingerprint density at radius 3 is 2.50 bits per heavy atom. The Hall–Kier alpha value is -0.880. The van der Waals surface area contributed by atoms with Crippen molar-refractivity contribution in [2.24, 2.45) is 0 Å². The maximum Gasteiger partial charge on any atom is 0.130 e. The highest BCUT2D eigenvalue weighted by atomic mass is 35.5. The molecule has 6 heteroatoms. The van der Waals surface area contributed by atoms with Crippen LogP contribution in [0.3, 0.4) is 0 Å². The SMILES string of the molecule is CCC1=C(C#N)C(Cl)=C(C#N)S1=S=O. The number of nitrogens with zero attached hydrogens (tertiary/aromatic N) is 2. The van der Waals surface area contributed by atoms with E-state index in [1.165, 1.54) is 0 Å². The Kier molecular flexibility index (Phi) is 3.65. The number of nitriles is 2. The third-order valence-electron chi connectivity index (χ3n) is 1.71. The smallest absolute Gasteiger partial charge is 0.130 e. The molecule has 14 heavy (non-hydrogen) atoms. The summed E-state index contributed by atoms with van der Waals surface area (Å²) in [5, 5.41) is 17.8. The zero-order valence-corrected chi connectivity index (χ0v) is 9.59. The fourth-order valence-electron chi connectivity index (χ4n) is 1.12. The Morgan fingerprint density at radius 1 is 1.50 bits per heavy atom. The Morgan fingerprint density at radius 2 is 2.14 bits per heavy atom. The van der Waals surface area contributed by atoms with E-state index < -0.39 is 9.45 Å². The van der Waals surface area contributed by atoms with E-state index in [1.54, 1.807) is 0 Å². The van der Waals surface area contributed by atoms with E-state index in [2.05, 4.69) is 0 Å². The number of halogens is 1. The van der Waals surface area contributed by atoms with Crippen LogP contribution in [0.15, 0.2) is 20.4 Å². The van der Waals surface area contributed by atoms with Crippen LogP contribution in [0.5, 0.6) is 0 Å². The van der Waals surface area contributed by atoms with Crippen LogP contribution >= 0.6 is 11.6 Å². The molecule has 0 aromatic carbocycles. The van der Waals surface area contributed by atoms with E-state index in [1.807, 2.05) is 19.1 Å². The Labute approximate surface area is 91.9 Å². The lowest BCUT2D eigenvalue weighted by atomic mass is 10.2. The van der Waals surface area contributed by atoms with Gasteiger partial charge in [0.25, 0.3) is 0 Å². The molecule has 0 aromatic rings. The summed E-state index contributed by atoms with van der Waals surface area (Å²) in [5.41, 5.74) is 0.303. The van der Waals surface area contributed by atoms with Gasteiger partial charge in [-0.1, -0.05) is 18.5 Å². The van der Waals surface area contributed by atoms with Crippen LogP contribution in [0.2, 0.25) is 0 Å². The highest BCUT2D eigenvalue weighted by Crippen LogP contribution is 2.36. The van der Waals surface area contributed by atoms with Crippen molar-refractivity contribution in [3.63, 3.8) is 0 Å². The van der Waals surface area contributed by atoms with Crippen molar-refractivity contribution >= 4 is 31.3 Å². The van der Waals surface area contributed by atoms with Crippen molar-refractivity contribution in [3.8, 4) is 12.1 Å². The number of hydrogen-bond acceptors (Lipinski definition) is 3. The van der Waals surface area contributed by atoms with Crippen molar-refractivity contribution in [1.29, 1.82) is 10.5 Å². The molecular formula is C8H5ClN2OS2. The van der Waals surface area contributed by atoms with Crippen LogP contribution < -0.4 is 0 Å². The van der Waals surface area contributed by atoms with E-state index in [9.17, 15) is 4.21 Å². The first-order valence-corrected chi connectivity index (χ1v) is 6.55. The minimum atomic E-state index is -0.865. The largest absolute Gasteiger partial charge is 0.205 e. The molecule has 0 saturated heterocycles. The summed E-state index contributed by atoms with van der Waals surface area (Å²) in [7, 11) is -0.540. The Balaban J connectivity index is 3.53. The standard InChI is InChI=1S/C8H5ClN2OS2/c1-2-6-5(3-10)8(9)7(4-11)14(6)13-12/h2H2,1H3. The number of hydrogen-bond donors (Lipinski definition) is 0. The molecule has 0 fully saturated rings. The second kappa shape index (κ2) is 4.56. The van der Waals surface area contributed by atoms with Gasteiger partial charge in [0.2, 0.25) is 0 Å². The van der Waals surface area contributed by atoms with Crippen molar-refractivity contribution < 1.29 is 4.21 Å². The van der Waals surface area contributed by atoms with Crippen LogP contribution in [-0.4, -0.2) is 4.21 Å². The van der Waals surface area contributed by atoms with Crippen LogP contribution in [0.1, 0.15) is 13.3 Å². The fraction of sp³-hybridized carbons (Fsp3) is 0.250. The van der Waals surface area contributed by atoms with Gasteiger partial charge in [-0.25, -0.2) is 4.21 Å². The molecule has 0 N–H and O–H groups in total. The summed E-state index contributed by atoms with van der Waals surface area (Å²) in [6, 6.07) is 3.83. The van der Waals surface area contributed by atoms with Gasteiger partial charge in [0.1, 0.15) is 27.3 Å². The van der Waals surface area contributed by atoms with E-state index in [0.717, 1.165) is 0 Å². The van der Waals surface area contributed by atoms with Gasteiger partial charge in [-0.3, -0.25) is 0 Å². The molecule has 1 aliphatic heterocycles. The molecule has 1 atom stereocenters. The van der Waals surface area contributed by atoms with Crippen LogP contribution in [-0.2, 0) is 19.7 Å². The molecule has 1 rings (SSSR count). The van der Waals surface area contributed by atoms with Crippen LogP contribution in [0, 0.1) is 22.7 Å². The lowest BCUT2D eigenvalue weighted by Gasteiger charge is -1.97. The first-order valence-electron chi connectivity index (χ1n) is 3.69. The second-order valence-electron chi connectivity index (χ2n) is 2.36. The molecule has 3 nitrogen and oxygen atoms in total. The minimum absolute atomic E-state index is 0.151. The maximum atomic E-state index is 10.8. The normalized spacial score (nSPS) is 20.7. The van der Waals surface area contributed by atoms with Gasteiger partial charge in [-0.2, -0.15) is 10.5 Å². The monoisotopic (exact) mass is 244 g/mol. The van der Waals surface area contributed by atoms with Gasteiger partial charge in [0, 0.05) is 4.91 Å². The topological polar surface area (TPSA) is 64.7 Å². The average Bonchev–Trinajstić information content (AvgIpc) is 2.48. The Bertz CT molecular complexity index is 486. The first-order chi connectivity index (χ1) is 6.71. The van der Waals surface area contributed by atoms with Gasteiger partial charge < -0.3 is 0 Å². The van der Waals surface area contributed by atoms with E-state index in [0.29, 0.717) is 27.1 Å². The molecular weight excluding hydrogens is 240 g/mol. The summed E-state index contributed by atoms with van der Waals surface area (Å²) < 4.78 is 10.8. The van der Waals surface area contributed by atoms with Crippen LogP contribution in [0.25, 0.3) is 0 Å². The highest BCUT2D eigenvalue weighted by Gasteiger charge is 2.27. The molecule has 1 unspecified atom stereocenters. The zero-order valence-electron chi connectivity index (χ0n) is 7.20. The molecule has 0 radical (unpaired) electrons. The molecule has 0 bridgehead atoms. The van der Waals surface area contributed by atoms with Gasteiger partial charge in [0.05, 0.1) is 10.6 Å². The zero-order chi connectivity index (χ0) is 10.7. The number of rotatable bonds is 1. The predicted molar refractivity (Wildman–Crippen MR) is 56.9 cm³/mol. The van der Waals surface area contributed by atoms with Crippen molar-refractivity contribution in [2.75, 3.05) is 0 Å². The quantitative estimate of drug-likeness (QED) is 0.708. The molecule has 0 amide bonds. The van der Waals surface area contributed by atoms with E-state index in [-0.39, 0.29) is 9.94 Å². The molecule has 1 aliphatic rings. The molecule has 0 spiro atoms. The van der Waals surface area contributed by atoms with Crippen molar-refractivity contribution in [2.45, 2.75) is 13.3 Å². The highest BCUT2D eigenvalue weighted by molar-refractivity contribution is 8.35. The van der Waals surface area contributed by atoms with Gasteiger partial charge in [0.15, 0.2) is 0 Å². The summed E-state index contributed by atoms with van der Waals surface area (Å²) in [5.74, 6) is 0. The minimum Gasteiger partial charge on any atom is -0.205 e. The molecule has 0 aromatic heterocycles. The van der Waals surface area contributed by atoms with Crippen molar-refractivity contribution in [1.82, 2.24) is 0 Å². The first kappa shape index (κ1) is 11.2. The third kappa shape index (κ3) is 1.55. The molecule has 1 heterocycles.